The van der Waals surface area contributed by atoms with Crippen molar-refractivity contribution in [2.45, 2.75) is 118 Å². The highest BCUT2D eigenvalue weighted by Gasteiger charge is 2.36. The van der Waals surface area contributed by atoms with Crippen LogP contribution < -0.4 is 24.5 Å². The van der Waals surface area contributed by atoms with Gasteiger partial charge in [-0.05, 0) is 303 Å². The maximum Gasteiger partial charge on any atom is 0.0546 e. The summed E-state index contributed by atoms with van der Waals surface area (Å²) in [4.78, 5) is 11.8. The molecule has 0 aliphatic heterocycles. The molecule has 5 heteroatoms. The fraction of sp³-hybridized carbons (Fsp3) is 0.127. The third kappa shape index (κ3) is 21.1. The molecular formula is C142H127N5. The van der Waals surface area contributed by atoms with E-state index >= 15 is 0 Å². The van der Waals surface area contributed by atoms with Crippen LogP contribution in [0.3, 0.4) is 0 Å². The molecule has 0 N–H and O–H groups in total. The molecular weight excluding hydrogens is 1780 g/mol. The summed E-state index contributed by atoms with van der Waals surface area (Å²) in [5.74, 6) is 2.63. The van der Waals surface area contributed by atoms with E-state index in [9.17, 15) is 0 Å². The highest BCUT2D eigenvalue weighted by molar-refractivity contribution is 6.19. The minimum atomic E-state index is -0.00814. The van der Waals surface area contributed by atoms with Gasteiger partial charge in [0.15, 0.2) is 0 Å². The Hall–Kier alpha value is -17.1. The molecule has 23 aromatic rings. The maximum absolute atomic E-state index is 2.47. The molecule has 0 saturated carbocycles. The lowest BCUT2D eigenvalue weighted by Gasteiger charge is -2.29. The van der Waals surface area contributed by atoms with Crippen molar-refractivity contribution in [1.82, 2.24) is 0 Å². The van der Waals surface area contributed by atoms with Crippen molar-refractivity contribution >= 4 is 161 Å². The normalized spacial score (nSPS) is 11.8. The molecule has 0 amide bonds. The van der Waals surface area contributed by atoms with Crippen LogP contribution in [0.15, 0.2) is 522 Å². The van der Waals surface area contributed by atoms with Crippen LogP contribution in [0.25, 0.3) is 86.5 Å². The number of nitrogens with zero attached hydrogens (tertiary/aromatic N) is 5. The SMILES string of the molecule is CC(C)c1ccc(N(c2cc3ccccc3c3ccccc23)c2cc3ccccc3c3ccccc23)cc1.CC(C)c1ccc(N(c2ccccc2)c2ccc3c(c2)C(C)(C)c2ccccc2-3)cc1.CC(C)c1ccc(N(c2ccccc2)c2ccc3ccccc3c2)cc1.CC(C)c1ccc(N(c2ccccc2)c2cccc3ccccc23)cc1.CC(C)c1ccc2cc(N(c3ccccc3)c3ccccc3)ccc2c1. The van der Waals surface area contributed by atoms with Crippen molar-refractivity contribution < 1.29 is 0 Å². The van der Waals surface area contributed by atoms with E-state index in [0.717, 1.165) is 17.1 Å². The Kier molecular flexibility index (Phi) is 29.1. The standard InChI is InChI=1S/C37H29N.C30H29N.3C25H23N/c1-25(2)26-19-21-29(22-20-26)38(36-23-27-11-3-5-13-30(27)32-15-7-9-17-34(32)36)37-24-28-12-4-6-14-31(28)33-16-8-10-18-35(33)37;1-21(2)22-14-16-24(17-15-22)31(23-10-6-5-7-11-23)25-18-19-27-26-12-8-9-13-28(26)30(3,4)29(27)20-25;1-19(2)20-13-14-22-18-25(16-15-21(22)17-20)26(23-9-5-3-6-10-23)24-11-7-4-8-12-24;1-19(2)20-15-17-23(18-16-20)26(22-11-4-3-5-12-22)25-14-8-10-21-9-6-7-13-24(21)25;1-19(2)20-12-15-24(16-13-20)26(23-10-4-3-5-11-23)25-17-14-21-8-6-7-9-22(21)18-25/h3-25H,1-2H3;5-21H,1-4H3;3*3-19H,1-2H3. The zero-order chi connectivity index (χ0) is 101. The number of benzene rings is 23. The molecule has 0 radical (unpaired) electrons. The Morgan fingerprint density at radius 1 is 0.143 bits per heavy atom. The summed E-state index contributed by atoms with van der Waals surface area (Å²) in [6.07, 6.45) is 0. The molecule has 1 aliphatic rings. The second kappa shape index (κ2) is 44.0. The number of para-hydroxylation sites is 5. The molecule has 24 rings (SSSR count). The van der Waals surface area contributed by atoms with Crippen LogP contribution in [0.1, 0.15) is 152 Å². The van der Waals surface area contributed by atoms with Crippen molar-refractivity contribution in [2.24, 2.45) is 0 Å². The molecule has 0 fully saturated rings. The fourth-order valence-corrected chi connectivity index (χ4v) is 20.8. The number of hydrogen-bond donors (Lipinski definition) is 0. The minimum Gasteiger partial charge on any atom is -0.310 e. The first kappa shape index (κ1) is 97.3. The molecule has 0 spiro atoms. The van der Waals surface area contributed by atoms with E-state index in [2.05, 4.69) is 629 Å². The molecule has 23 aromatic carbocycles. The number of rotatable bonds is 20. The van der Waals surface area contributed by atoms with Crippen molar-refractivity contribution in [3.05, 3.63) is 561 Å². The van der Waals surface area contributed by atoms with Gasteiger partial charge in [-0.3, -0.25) is 0 Å². The van der Waals surface area contributed by atoms with Gasteiger partial charge in [0.2, 0.25) is 0 Å². The number of hydrogen-bond acceptors (Lipinski definition) is 5. The molecule has 0 aromatic heterocycles. The number of fused-ring (bicyclic) bond motifs is 12. The van der Waals surface area contributed by atoms with Gasteiger partial charge in [-0.1, -0.05) is 441 Å². The lowest BCUT2D eigenvalue weighted by atomic mass is 9.82. The second-order valence-corrected chi connectivity index (χ2v) is 40.5. The zero-order valence-electron chi connectivity index (χ0n) is 86.3. The third-order valence-electron chi connectivity index (χ3n) is 28.9. The van der Waals surface area contributed by atoms with Gasteiger partial charge in [-0.25, -0.2) is 0 Å². The van der Waals surface area contributed by atoms with Gasteiger partial charge in [0.05, 0.1) is 17.1 Å². The second-order valence-electron chi connectivity index (χ2n) is 40.5. The lowest BCUT2D eigenvalue weighted by molar-refractivity contribution is 0.660. The Morgan fingerprint density at radius 2 is 0.408 bits per heavy atom. The van der Waals surface area contributed by atoms with E-state index in [1.807, 2.05) is 0 Å². The van der Waals surface area contributed by atoms with Crippen LogP contribution in [0, 0.1) is 0 Å². The lowest BCUT2D eigenvalue weighted by Crippen LogP contribution is -2.16. The summed E-state index contributed by atoms with van der Waals surface area (Å²) in [7, 11) is 0. The molecule has 0 unspecified atom stereocenters. The zero-order valence-corrected chi connectivity index (χ0v) is 86.3. The summed E-state index contributed by atoms with van der Waals surface area (Å²) < 4.78 is 0. The van der Waals surface area contributed by atoms with E-state index < -0.39 is 0 Å². The highest BCUT2D eigenvalue weighted by atomic mass is 15.2. The van der Waals surface area contributed by atoms with Gasteiger partial charge in [0, 0.05) is 89.8 Å². The van der Waals surface area contributed by atoms with Gasteiger partial charge in [0.25, 0.3) is 0 Å². The van der Waals surface area contributed by atoms with Gasteiger partial charge in [0.1, 0.15) is 0 Å². The number of anilines is 15. The van der Waals surface area contributed by atoms with Crippen molar-refractivity contribution in [3.8, 4) is 11.1 Å². The van der Waals surface area contributed by atoms with E-state index in [4.69, 9.17) is 0 Å². The first-order chi connectivity index (χ1) is 71.8. The summed E-state index contributed by atoms with van der Waals surface area (Å²) >= 11 is 0. The van der Waals surface area contributed by atoms with E-state index in [1.165, 1.54) is 194 Å². The Bertz CT molecular complexity index is 8280. The topological polar surface area (TPSA) is 16.2 Å². The fourth-order valence-electron chi connectivity index (χ4n) is 20.8. The van der Waals surface area contributed by atoms with Gasteiger partial charge >= 0.3 is 0 Å². The summed E-state index contributed by atoms with van der Waals surface area (Å²) in [6, 6.07) is 188. The largest absolute Gasteiger partial charge is 0.310 e. The average molecular weight is 1900 g/mol. The molecule has 0 saturated heterocycles. The van der Waals surface area contributed by atoms with E-state index in [0.29, 0.717) is 29.6 Å². The molecule has 147 heavy (non-hydrogen) atoms. The van der Waals surface area contributed by atoms with Crippen LogP contribution in [-0.4, -0.2) is 0 Å². The Balaban J connectivity index is 0.000000113. The molecule has 0 atom stereocenters. The Labute approximate surface area is 868 Å². The van der Waals surface area contributed by atoms with E-state index in [1.54, 1.807) is 0 Å². The van der Waals surface area contributed by atoms with Crippen LogP contribution >= 0.6 is 0 Å². The van der Waals surface area contributed by atoms with Crippen LogP contribution in [0.5, 0.6) is 0 Å². The van der Waals surface area contributed by atoms with Crippen molar-refractivity contribution in [2.75, 3.05) is 24.5 Å². The first-order valence-electron chi connectivity index (χ1n) is 52.1. The van der Waals surface area contributed by atoms with Crippen molar-refractivity contribution in [1.29, 1.82) is 0 Å². The summed E-state index contributed by atoms with van der Waals surface area (Å²) in [5, 5.41) is 17.7. The first-order valence-corrected chi connectivity index (χ1v) is 52.1. The van der Waals surface area contributed by atoms with E-state index in [-0.39, 0.29) is 5.41 Å². The van der Waals surface area contributed by atoms with Crippen LogP contribution in [0.4, 0.5) is 85.3 Å². The molecule has 0 heterocycles. The van der Waals surface area contributed by atoms with Crippen LogP contribution in [0.2, 0.25) is 0 Å². The van der Waals surface area contributed by atoms with Gasteiger partial charge in [-0.2, -0.15) is 0 Å². The van der Waals surface area contributed by atoms with Gasteiger partial charge < -0.3 is 24.5 Å². The summed E-state index contributed by atoms with van der Waals surface area (Å²) in [5.41, 5.74) is 30.0. The predicted molar refractivity (Wildman–Crippen MR) is 636 cm³/mol. The molecule has 1 aliphatic carbocycles. The quantitative estimate of drug-likeness (QED) is 0.0705. The minimum absolute atomic E-state index is 0.00814. The molecule has 0 bridgehead atoms. The van der Waals surface area contributed by atoms with Crippen LogP contribution in [-0.2, 0) is 5.41 Å². The Morgan fingerprint density at radius 3 is 0.830 bits per heavy atom. The van der Waals surface area contributed by atoms with Crippen molar-refractivity contribution in [3.63, 3.8) is 0 Å². The maximum atomic E-state index is 2.47. The highest BCUT2D eigenvalue weighted by Crippen LogP contribution is 2.53. The monoisotopic (exact) mass is 1900 g/mol. The third-order valence-corrected chi connectivity index (χ3v) is 28.9. The molecule has 5 nitrogen and oxygen atoms in total. The summed E-state index contributed by atoms with van der Waals surface area (Å²) in [6.45, 7) is 27.1. The average Bonchev–Trinajstić information content (AvgIpc) is 1.72. The molecule has 720 valence electrons. The van der Waals surface area contributed by atoms with Gasteiger partial charge in [-0.15, -0.1) is 0 Å². The smallest absolute Gasteiger partial charge is 0.0546 e. The predicted octanol–water partition coefficient (Wildman–Crippen LogP) is 41.8.